The second-order valence-electron chi connectivity index (χ2n) is 6.13. The van der Waals surface area contributed by atoms with Gasteiger partial charge in [0.05, 0.1) is 6.04 Å². The first-order valence-corrected chi connectivity index (χ1v) is 10.7. The van der Waals surface area contributed by atoms with Gasteiger partial charge in [-0.2, -0.15) is 0 Å². The lowest BCUT2D eigenvalue weighted by molar-refractivity contribution is 0.213. The van der Waals surface area contributed by atoms with Crippen LogP contribution in [0.25, 0.3) is 0 Å². The predicted molar refractivity (Wildman–Crippen MR) is 117 cm³/mol. The summed E-state index contributed by atoms with van der Waals surface area (Å²) in [5.41, 5.74) is 2.47. The quantitative estimate of drug-likeness (QED) is 0.541. The van der Waals surface area contributed by atoms with Crippen molar-refractivity contribution in [1.82, 2.24) is 15.5 Å². The van der Waals surface area contributed by atoms with E-state index in [2.05, 4.69) is 65.6 Å². The monoisotopic (exact) mass is 503 g/mol. The average Bonchev–Trinajstić information content (AvgIpc) is 2.62. The van der Waals surface area contributed by atoms with Gasteiger partial charge in [0.15, 0.2) is 0 Å². The third kappa shape index (κ3) is 4.93. The first-order valence-electron chi connectivity index (χ1n) is 8.31. The summed E-state index contributed by atoms with van der Waals surface area (Å²) in [6, 6.07) is 4.07. The highest BCUT2D eigenvalue weighted by atomic mass is 79.9. The molecule has 25 heavy (non-hydrogen) atoms. The molecule has 2 N–H and O–H groups in total. The molecule has 2 aliphatic rings. The summed E-state index contributed by atoms with van der Waals surface area (Å²) in [5.74, 6) is 0. The highest BCUT2D eigenvalue weighted by Crippen LogP contribution is 2.35. The minimum absolute atomic E-state index is 0.0217. The summed E-state index contributed by atoms with van der Waals surface area (Å²) in [7, 11) is 0. The van der Waals surface area contributed by atoms with E-state index in [1.165, 1.54) is 11.1 Å². The number of nitrogens with zero attached hydrogens (tertiary/aromatic N) is 1. The van der Waals surface area contributed by atoms with Crippen LogP contribution in [0.1, 0.15) is 23.6 Å². The van der Waals surface area contributed by atoms with Crippen molar-refractivity contribution in [2.45, 2.75) is 18.9 Å². The Morgan fingerprint density at radius 2 is 1.96 bits per heavy atom. The molecular weight excluding hydrogens is 486 g/mol. The van der Waals surface area contributed by atoms with Gasteiger partial charge in [-0.3, -0.25) is 4.90 Å². The Bertz CT molecular complexity index is 715. The number of rotatable bonds is 1. The maximum absolute atomic E-state index is 6.34. The molecule has 3 rings (SSSR count). The molecule has 1 fully saturated rings. The van der Waals surface area contributed by atoms with Crippen LogP contribution in [-0.2, 0) is 6.42 Å². The number of thiocarbonyl (C=S) groups is 1. The molecule has 2 aliphatic heterocycles. The zero-order chi connectivity index (χ0) is 17.8. The summed E-state index contributed by atoms with van der Waals surface area (Å²) in [4.78, 5) is 3.24. The van der Waals surface area contributed by atoms with Crippen LogP contribution in [0.15, 0.2) is 39.4 Å². The number of benzene rings is 1. The molecule has 0 aromatic heterocycles. The molecule has 1 aromatic carbocycles. The van der Waals surface area contributed by atoms with Gasteiger partial charge >= 0.3 is 0 Å². The molecule has 0 saturated carbocycles. The van der Waals surface area contributed by atoms with Crippen LogP contribution in [-0.4, -0.2) is 36.1 Å². The molecule has 0 amide bonds. The fourth-order valence-electron chi connectivity index (χ4n) is 3.27. The Kier molecular flexibility index (Phi) is 7.11. The Labute approximate surface area is 176 Å². The van der Waals surface area contributed by atoms with Gasteiger partial charge in [-0.05, 0) is 52.0 Å². The number of hydrogen-bond acceptors (Lipinski definition) is 3. The summed E-state index contributed by atoms with van der Waals surface area (Å²) in [6.45, 7) is 3.87. The molecule has 1 atom stereocenters. The number of nitrogens with one attached hydrogen (secondary N) is 2. The molecule has 0 aliphatic carbocycles. The zero-order valence-electron chi connectivity index (χ0n) is 13.7. The normalized spacial score (nSPS) is 26.0. The van der Waals surface area contributed by atoms with Gasteiger partial charge in [-0.15, -0.1) is 0 Å². The minimum atomic E-state index is 0.0217. The van der Waals surface area contributed by atoms with E-state index in [1.54, 1.807) is 0 Å². The van der Waals surface area contributed by atoms with Crippen molar-refractivity contribution in [1.29, 1.82) is 0 Å². The molecule has 2 heterocycles. The highest BCUT2D eigenvalue weighted by molar-refractivity contribution is 9.12. The molecular formula is C18H20Br2ClN3S. The SMILES string of the molecule is S=C1N/C=C(Br)\C=C\CCc2cc(Cl)cc(Br)c2C1N1CCNCC1. The van der Waals surface area contributed by atoms with Gasteiger partial charge < -0.3 is 10.6 Å². The van der Waals surface area contributed by atoms with Crippen molar-refractivity contribution in [3.63, 3.8) is 0 Å². The Morgan fingerprint density at radius 1 is 1.20 bits per heavy atom. The smallest absolute Gasteiger partial charge is 0.101 e. The summed E-state index contributed by atoms with van der Waals surface area (Å²) < 4.78 is 2.01. The van der Waals surface area contributed by atoms with E-state index in [-0.39, 0.29) is 6.04 Å². The maximum atomic E-state index is 6.34. The van der Waals surface area contributed by atoms with Crippen LogP contribution in [0.4, 0.5) is 0 Å². The Morgan fingerprint density at radius 3 is 2.72 bits per heavy atom. The van der Waals surface area contributed by atoms with Crippen LogP contribution >= 0.6 is 55.7 Å². The maximum Gasteiger partial charge on any atom is 0.101 e. The van der Waals surface area contributed by atoms with E-state index < -0.39 is 0 Å². The number of halogens is 3. The predicted octanol–water partition coefficient (Wildman–Crippen LogP) is 4.70. The van der Waals surface area contributed by atoms with E-state index in [9.17, 15) is 0 Å². The lowest BCUT2D eigenvalue weighted by Gasteiger charge is -2.37. The summed E-state index contributed by atoms with van der Waals surface area (Å²) in [6.07, 6.45) is 8.01. The highest BCUT2D eigenvalue weighted by Gasteiger charge is 2.29. The van der Waals surface area contributed by atoms with Crippen molar-refractivity contribution < 1.29 is 0 Å². The molecule has 7 heteroatoms. The van der Waals surface area contributed by atoms with Crippen molar-refractivity contribution in [2.75, 3.05) is 26.2 Å². The number of aryl methyl sites for hydroxylation is 1. The summed E-state index contributed by atoms with van der Waals surface area (Å²) >= 11 is 19.5. The second kappa shape index (κ2) is 9.11. The van der Waals surface area contributed by atoms with E-state index in [0.29, 0.717) is 0 Å². The van der Waals surface area contributed by atoms with E-state index in [0.717, 1.165) is 58.0 Å². The minimum Gasteiger partial charge on any atom is -0.354 e. The molecule has 3 nitrogen and oxygen atoms in total. The third-order valence-corrected chi connectivity index (χ3v) is 6.14. The molecule has 0 radical (unpaired) electrons. The lowest BCUT2D eigenvalue weighted by Crippen LogP contribution is -2.48. The summed E-state index contributed by atoms with van der Waals surface area (Å²) in [5, 5.41) is 7.48. The van der Waals surface area contributed by atoms with Gasteiger partial charge in [0.25, 0.3) is 0 Å². The Balaban J connectivity index is 2.08. The van der Waals surface area contributed by atoms with Gasteiger partial charge in [-0.25, -0.2) is 0 Å². The fourth-order valence-corrected chi connectivity index (χ4v) is 4.99. The number of allylic oxidation sites excluding steroid dienone is 3. The van der Waals surface area contributed by atoms with Crippen molar-refractivity contribution in [3.05, 3.63) is 55.6 Å². The van der Waals surface area contributed by atoms with Crippen LogP contribution in [0.3, 0.4) is 0 Å². The Hall–Kier alpha value is -0.240. The number of piperazine rings is 1. The molecule has 0 bridgehead atoms. The van der Waals surface area contributed by atoms with Crippen LogP contribution in [0, 0.1) is 0 Å². The van der Waals surface area contributed by atoms with Gasteiger partial charge in [-0.1, -0.05) is 51.9 Å². The standard InChI is InChI=1S/C18H20Br2ClN3S/c19-13-4-2-1-3-12-9-14(21)10-15(20)16(12)17(18(25)23-11-13)24-7-5-22-6-8-24/h2,4,9-11,17,22H,1,3,5-8H2,(H,23,25)/b4-2+,13-11+. The second-order valence-corrected chi connectivity index (χ2v) is 8.77. The average molecular weight is 506 g/mol. The number of hydrogen-bond donors (Lipinski definition) is 2. The first-order chi connectivity index (χ1) is 12.1. The van der Waals surface area contributed by atoms with Gasteiger partial charge in [0.1, 0.15) is 4.99 Å². The molecule has 1 unspecified atom stereocenters. The van der Waals surface area contributed by atoms with E-state index >= 15 is 0 Å². The zero-order valence-corrected chi connectivity index (χ0v) is 18.4. The molecule has 1 saturated heterocycles. The molecule has 134 valence electrons. The van der Waals surface area contributed by atoms with Crippen LogP contribution < -0.4 is 10.6 Å². The van der Waals surface area contributed by atoms with Crippen LogP contribution in [0.2, 0.25) is 5.02 Å². The number of fused-ring (bicyclic) bond motifs is 1. The van der Waals surface area contributed by atoms with Gasteiger partial charge in [0, 0.05) is 46.4 Å². The fraction of sp³-hybridized carbons (Fsp3) is 0.389. The largest absolute Gasteiger partial charge is 0.354 e. The van der Waals surface area contributed by atoms with Crippen LogP contribution in [0.5, 0.6) is 0 Å². The van der Waals surface area contributed by atoms with E-state index in [1.807, 2.05) is 12.3 Å². The van der Waals surface area contributed by atoms with Crippen molar-refractivity contribution in [3.8, 4) is 0 Å². The third-order valence-electron chi connectivity index (χ3n) is 4.43. The molecule has 0 spiro atoms. The van der Waals surface area contributed by atoms with Gasteiger partial charge in [0.2, 0.25) is 0 Å². The first kappa shape index (κ1) is 19.5. The lowest BCUT2D eigenvalue weighted by atomic mass is 9.95. The van der Waals surface area contributed by atoms with Crippen molar-refractivity contribution in [2.24, 2.45) is 0 Å². The van der Waals surface area contributed by atoms with E-state index in [4.69, 9.17) is 23.8 Å². The van der Waals surface area contributed by atoms with Crippen molar-refractivity contribution >= 4 is 60.7 Å². The molecule has 1 aromatic rings. The topological polar surface area (TPSA) is 27.3 Å².